The highest BCUT2D eigenvalue weighted by atomic mass is 35.5. The Morgan fingerprint density at radius 1 is 1.07 bits per heavy atom. The van der Waals surface area contributed by atoms with Crippen LogP contribution in [-0.4, -0.2) is 30.0 Å². The Bertz CT molecular complexity index is 1040. The second-order valence-corrected chi connectivity index (χ2v) is 6.95. The van der Waals surface area contributed by atoms with Crippen LogP contribution < -0.4 is 5.32 Å². The number of aryl methyl sites for hydroxylation is 2. The molecule has 0 saturated carbocycles. The van der Waals surface area contributed by atoms with E-state index >= 15 is 0 Å². The summed E-state index contributed by atoms with van der Waals surface area (Å²) in [5.41, 5.74) is 4.55. The number of anilines is 1. The molecule has 2 radical (unpaired) electrons. The van der Waals surface area contributed by atoms with Crippen LogP contribution in [0.5, 0.6) is 0 Å². The molecule has 3 rings (SSSR count). The molecule has 0 aliphatic rings. The first-order chi connectivity index (χ1) is 12.8. The number of hydrogen-bond donors (Lipinski definition) is 1. The molecule has 0 spiro atoms. The molecule has 0 unspecified atom stereocenters. The van der Waals surface area contributed by atoms with Crippen molar-refractivity contribution in [3.8, 4) is 11.1 Å². The van der Waals surface area contributed by atoms with E-state index in [0.29, 0.717) is 21.8 Å². The highest BCUT2D eigenvalue weighted by Gasteiger charge is 2.17. The zero-order chi connectivity index (χ0) is 19.6. The van der Waals surface area contributed by atoms with Crippen molar-refractivity contribution >= 4 is 38.4 Å². The van der Waals surface area contributed by atoms with Crippen molar-refractivity contribution < 1.29 is 4.92 Å². The SMILES string of the molecule is Cc1ccc(-c2cnc(NC(=[Si])c3cc(Cl)ccc3[N+](=O)[O-])nc2)cc1C. The van der Waals surface area contributed by atoms with E-state index in [4.69, 9.17) is 11.6 Å². The van der Waals surface area contributed by atoms with Gasteiger partial charge in [-0.1, -0.05) is 29.8 Å². The Hall–Kier alpha value is -2.90. The molecule has 6 nitrogen and oxygen atoms in total. The lowest BCUT2D eigenvalue weighted by molar-refractivity contribution is -0.385. The molecule has 27 heavy (non-hydrogen) atoms. The molecule has 8 heteroatoms. The quantitative estimate of drug-likeness (QED) is 0.400. The van der Waals surface area contributed by atoms with Crippen molar-refractivity contribution in [2.75, 3.05) is 5.32 Å². The number of nitro benzene ring substituents is 1. The maximum Gasteiger partial charge on any atom is 0.278 e. The van der Waals surface area contributed by atoms with Gasteiger partial charge in [0.05, 0.1) is 20.3 Å². The maximum atomic E-state index is 11.2. The zero-order valence-electron chi connectivity index (χ0n) is 14.7. The second-order valence-electron chi connectivity index (χ2n) is 6.01. The van der Waals surface area contributed by atoms with E-state index in [1.165, 1.54) is 29.3 Å². The van der Waals surface area contributed by atoms with Crippen molar-refractivity contribution in [2.24, 2.45) is 0 Å². The summed E-state index contributed by atoms with van der Waals surface area (Å²) < 4.78 is 0. The lowest BCUT2D eigenvalue weighted by Gasteiger charge is -2.10. The van der Waals surface area contributed by atoms with Gasteiger partial charge >= 0.3 is 0 Å². The third kappa shape index (κ3) is 4.26. The Balaban J connectivity index is 1.83. The fourth-order valence-electron chi connectivity index (χ4n) is 2.51. The van der Waals surface area contributed by atoms with Crippen LogP contribution >= 0.6 is 11.6 Å². The maximum absolute atomic E-state index is 11.2. The summed E-state index contributed by atoms with van der Waals surface area (Å²) in [6, 6.07) is 10.5. The third-order valence-corrected chi connectivity index (χ3v) is 4.78. The lowest BCUT2D eigenvalue weighted by atomic mass is 10.0. The van der Waals surface area contributed by atoms with Crippen LogP contribution in [0.2, 0.25) is 5.02 Å². The minimum Gasteiger partial charge on any atom is -0.328 e. The number of benzene rings is 2. The first-order valence-corrected chi connectivity index (χ1v) is 8.92. The van der Waals surface area contributed by atoms with E-state index in [-0.39, 0.29) is 5.69 Å². The Morgan fingerprint density at radius 2 is 1.78 bits per heavy atom. The number of nitrogens with one attached hydrogen (secondary N) is 1. The molecule has 3 aromatic rings. The molecule has 0 fully saturated rings. The average Bonchev–Trinajstić information content (AvgIpc) is 2.64. The van der Waals surface area contributed by atoms with Gasteiger partial charge in [-0.25, -0.2) is 9.97 Å². The molecule has 0 aliphatic heterocycles. The average molecular weight is 395 g/mol. The van der Waals surface area contributed by atoms with Crippen LogP contribution in [-0.2, 0) is 0 Å². The van der Waals surface area contributed by atoms with Crippen LogP contribution in [0, 0.1) is 24.0 Å². The summed E-state index contributed by atoms with van der Waals surface area (Å²) in [7, 11) is 3.38. The van der Waals surface area contributed by atoms with E-state index in [1.807, 2.05) is 6.07 Å². The van der Waals surface area contributed by atoms with Crippen molar-refractivity contribution in [2.45, 2.75) is 13.8 Å². The van der Waals surface area contributed by atoms with Crippen LogP contribution in [0.4, 0.5) is 11.6 Å². The first-order valence-electron chi connectivity index (χ1n) is 8.04. The van der Waals surface area contributed by atoms with Gasteiger partial charge in [-0.2, -0.15) is 0 Å². The molecule has 0 saturated heterocycles. The predicted octanol–water partition coefficient (Wildman–Crippen LogP) is 4.08. The minimum atomic E-state index is -0.475. The van der Waals surface area contributed by atoms with Gasteiger partial charge in [-0.15, -0.1) is 0 Å². The van der Waals surface area contributed by atoms with Crippen LogP contribution in [0.3, 0.4) is 0 Å². The summed E-state index contributed by atoms with van der Waals surface area (Å²) in [4.78, 5) is 19.3. The monoisotopic (exact) mass is 394 g/mol. The number of nitro groups is 1. The van der Waals surface area contributed by atoms with Crippen LogP contribution in [0.1, 0.15) is 16.7 Å². The molecule has 0 atom stereocenters. The fraction of sp³-hybridized carbons (Fsp3) is 0.105. The second kappa shape index (κ2) is 7.77. The number of aromatic nitrogens is 2. The van der Waals surface area contributed by atoms with Gasteiger partial charge in [0.2, 0.25) is 5.95 Å². The number of hydrogen-bond acceptors (Lipinski definition) is 5. The Kier molecular flexibility index (Phi) is 5.43. The highest BCUT2D eigenvalue weighted by Crippen LogP contribution is 2.24. The predicted molar refractivity (Wildman–Crippen MR) is 109 cm³/mol. The lowest BCUT2D eigenvalue weighted by Crippen LogP contribution is -2.17. The number of nitrogens with zero attached hydrogens (tertiary/aromatic N) is 3. The summed E-state index contributed by atoms with van der Waals surface area (Å²) in [5.74, 6) is 0.307. The van der Waals surface area contributed by atoms with Crippen molar-refractivity contribution in [3.63, 3.8) is 0 Å². The van der Waals surface area contributed by atoms with Crippen molar-refractivity contribution in [3.05, 3.63) is 80.6 Å². The molecule has 1 aromatic heterocycles. The normalized spacial score (nSPS) is 10.5. The van der Waals surface area contributed by atoms with Gasteiger partial charge in [0, 0.05) is 34.3 Å². The molecular weight excluding hydrogens is 380 g/mol. The molecule has 2 aromatic carbocycles. The largest absolute Gasteiger partial charge is 0.328 e. The topological polar surface area (TPSA) is 81.0 Å². The molecule has 1 N–H and O–H groups in total. The molecule has 0 aliphatic carbocycles. The molecule has 134 valence electrons. The first kappa shape index (κ1) is 18.9. The molecule has 1 heterocycles. The van der Waals surface area contributed by atoms with Gasteiger partial charge in [-0.3, -0.25) is 10.1 Å². The Morgan fingerprint density at radius 3 is 2.41 bits per heavy atom. The van der Waals surface area contributed by atoms with Crippen molar-refractivity contribution in [1.29, 1.82) is 0 Å². The van der Waals surface area contributed by atoms with E-state index in [1.54, 1.807) is 12.4 Å². The van der Waals surface area contributed by atoms with E-state index in [0.717, 1.165) is 11.1 Å². The summed E-state index contributed by atoms with van der Waals surface area (Å²) in [5, 5.41) is 14.9. The summed E-state index contributed by atoms with van der Waals surface area (Å²) >= 11 is 5.96. The molecule has 0 bridgehead atoms. The van der Waals surface area contributed by atoms with E-state index < -0.39 is 4.92 Å². The fourth-order valence-corrected chi connectivity index (χ4v) is 2.99. The van der Waals surface area contributed by atoms with Crippen LogP contribution in [0.25, 0.3) is 11.1 Å². The third-order valence-electron chi connectivity index (χ3n) is 4.15. The van der Waals surface area contributed by atoms with Gasteiger partial charge in [0.25, 0.3) is 5.69 Å². The van der Waals surface area contributed by atoms with E-state index in [2.05, 4.69) is 51.1 Å². The number of rotatable bonds is 5. The Labute approximate surface area is 164 Å². The minimum absolute atomic E-state index is 0.0800. The molecule has 0 amide bonds. The summed E-state index contributed by atoms with van der Waals surface area (Å²) in [6.07, 6.45) is 3.40. The number of halogens is 1. The smallest absolute Gasteiger partial charge is 0.278 e. The van der Waals surface area contributed by atoms with E-state index in [9.17, 15) is 10.1 Å². The standard InChI is InChI=1S/C19H15ClN4O2Si/c1-11-3-4-13(7-12(11)2)14-9-21-19(22-10-14)23-18(27)16-8-15(20)5-6-17(16)24(25)26/h3-10H,1-2H3,(H,21,22,23). The van der Waals surface area contributed by atoms with Gasteiger partial charge in [0.15, 0.2) is 0 Å². The zero-order valence-corrected chi connectivity index (χ0v) is 16.4. The van der Waals surface area contributed by atoms with Gasteiger partial charge < -0.3 is 5.32 Å². The van der Waals surface area contributed by atoms with Gasteiger partial charge in [-0.05, 0) is 42.7 Å². The van der Waals surface area contributed by atoms with Gasteiger partial charge in [0.1, 0.15) is 0 Å². The highest BCUT2D eigenvalue weighted by molar-refractivity contribution is 6.47. The van der Waals surface area contributed by atoms with Crippen LogP contribution in [0.15, 0.2) is 48.8 Å². The van der Waals surface area contributed by atoms with Crippen molar-refractivity contribution in [1.82, 2.24) is 9.97 Å². The summed E-state index contributed by atoms with van der Waals surface area (Å²) in [6.45, 7) is 4.12. The molecular formula is C19H15ClN4O2Si.